The van der Waals surface area contributed by atoms with E-state index in [-0.39, 0.29) is 23.5 Å². The molecule has 102 valence electrons. The van der Waals surface area contributed by atoms with Crippen molar-refractivity contribution in [3.8, 4) is 11.5 Å². The largest absolute Gasteiger partial charge is 0.508 e. The van der Waals surface area contributed by atoms with Crippen molar-refractivity contribution >= 4 is 0 Å². The van der Waals surface area contributed by atoms with Crippen LogP contribution in [0.5, 0.6) is 11.5 Å². The van der Waals surface area contributed by atoms with Crippen LogP contribution in [0.1, 0.15) is 32.3 Å². The average Bonchev–Trinajstić information content (AvgIpc) is 2.38. The molecule has 0 aliphatic carbocycles. The number of aromatic hydroxyl groups is 2. The molecule has 0 fully saturated rings. The molecule has 1 rings (SSSR count). The summed E-state index contributed by atoms with van der Waals surface area (Å²) in [5.74, 6) is 0.146. The summed E-state index contributed by atoms with van der Waals surface area (Å²) < 4.78 is 0. The lowest BCUT2D eigenvalue weighted by Crippen LogP contribution is -2.36. The van der Waals surface area contributed by atoms with E-state index in [1.807, 2.05) is 0 Å². The summed E-state index contributed by atoms with van der Waals surface area (Å²) in [6, 6.07) is 4.57. The van der Waals surface area contributed by atoms with Crippen molar-refractivity contribution in [2.75, 3.05) is 13.2 Å². The van der Waals surface area contributed by atoms with Crippen molar-refractivity contribution in [2.45, 2.75) is 33.2 Å². The number of phenolic OH excluding ortho intramolecular Hbond substituents is 2. The highest BCUT2D eigenvalue weighted by molar-refractivity contribution is 5.38. The van der Waals surface area contributed by atoms with Crippen molar-refractivity contribution in [2.24, 2.45) is 5.41 Å². The molecule has 18 heavy (non-hydrogen) atoms. The first-order valence-electron chi connectivity index (χ1n) is 6.39. The molecular weight excluding hydrogens is 230 g/mol. The number of aliphatic hydroxyl groups is 1. The first kappa shape index (κ1) is 14.8. The van der Waals surface area contributed by atoms with Gasteiger partial charge < -0.3 is 20.6 Å². The Balaban J connectivity index is 2.55. The van der Waals surface area contributed by atoms with Crippen LogP contribution in [-0.4, -0.2) is 28.5 Å². The normalized spacial score (nSPS) is 11.7. The van der Waals surface area contributed by atoms with Crippen LogP contribution in [0.2, 0.25) is 0 Å². The van der Waals surface area contributed by atoms with Gasteiger partial charge in [0, 0.05) is 36.7 Å². The van der Waals surface area contributed by atoms with Gasteiger partial charge in [0.05, 0.1) is 0 Å². The predicted molar refractivity (Wildman–Crippen MR) is 71.6 cm³/mol. The number of hydrogen-bond acceptors (Lipinski definition) is 4. The minimum Gasteiger partial charge on any atom is -0.508 e. The maximum atomic E-state index is 9.64. The van der Waals surface area contributed by atoms with Crippen LogP contribution in [0.25, 0.3) is 0 Å². The van der Waals surface area contributed by atoms with E-state index in [0.717, 1.165) is 18.4 Å². The number of phenols is 2. The highest BCUT2D eigenvalue weighted by Crippen LogP contribution is 2.26. The van der Waals surface area contributed by atoms with Gasteiger partial charge in [-0.25, -0.2) is 0 Å². The highest BCUT2D eigenvalue weighted by atomic mass is 16.3. The van der Waals surface area contributed by atoms with Gasteiger partial charge in [0.15, 0.2) is 0 Å². The molecule has 1 aromatic carbocycles. The van der Waals surface area contributed by atoms with Crippen LogP contribution in [0, 0.1) is 5.41 Å². The molecule has 0 saturated carbocycles. The zero-order valence-electron chi connectivity index (χ0n) is 11.1. The van der Waals surface area contributed by atoms with Crippen molar-refractivity contribution < 1.29 is 15.3 Å². The third-order valence-corrected chi connectivity index (χ3v) is 3.72. The number of rotatable bonds is 7. The third-order valence-electron chi connectivity index (χ3n) is 3.72. The molecule has 0 amide bonds. The predicted octanol–water partition coefficient (Wildman–Crippen LogP) is 1.99. The van der Waals surface area contributed by atoms with Crippen LogP contribution < -0.4 is 5.32 Å². The first-order chi connectivity index (χ1) is 8.56. The van der Waals surface area contributed by atoms with Gasteiger partial charge in [-0.05, 0) is 18.9 Å². The quantitative estimate of drug-likeness (QED) is 0.599. The molecule has 0 spiro atoms. The lowest BCUT2D eigenvalue weighted by atomic mass is 9.83. The molecule has 0 aromatic heterocycles. The Kier molecular flexibility index (Phi) is 5.44. The van der Waals surface area contributed by atoms with Crippen molar-refractivity contribution in [3.05, 3.63) is 23.8 Å². The minimum absolute atomic E-state index is 0.0584. The Hall–Kier alpha value is -1.26. The second kappa shape index (κ2) is 6.61. The van der Waals surface area contributed by atoms with E-state index in [0.29, 0.717) is 13.1 Å². The summed E-state index contributed by atoms with van der Waals surface area (Å²) in [6.45, 7) is 5.53. The topological polar surface area (TPSA) is 72.7 Å². The van der Waals surface area contributed by atoms with Gasteiger partial charge in [0.25, 0.3) is 0 Å². The van der Waals surface area contributed by atoms with E-state index in [1.54, 1.807) is 12.1 Å². The zero-order chi connectivity index (χ0) is 13.6. The Morgan fingerprint density at radius 2 is 1.83 bits per heavy atom. The van der Waals surface area contributed by atoms with E-state index in [4.69, 9.17) is 0 Å². The third kappa shape index (κ3) is 3.62. The number of hydrogen-bond donors (Lipinski definition) is 4. The molecular formula is C14H23NO3. The molecule has 0 unspecified atom stereocenters. The average molecular weight is 253 g/mol. The Morgan fingerprint density at radius 1 is 1.17 bits per heavy atom. The molecule has 0 aliphatic rings. The van der Waals surface area contributed by atoms with Crippen LogP contribution in [-0.2, 0) is 6.54 Å². The van der Waals surface area contributed by atoms with E-state index in [1.165, 1.54) is 6.07 Å². The number of nitrogens with one attached hydrogen (secondary N) is 1. The fourth-order valence-electron chi connectivity index (χ4n) is 1.94. The van der Waals surface area contributed by atoms with Gasteiger partial charge in [0.2, 0.25) is 0 Å². The van der Waals surface area contributed by atoms with Crippen LogP contribution in [0.15, 0.2) is 18.2 Å². The summed E-state index contributed by atoms with van der Waals surface area (Å²) in [6.07, 6.45) is 1.82. The van der Waals surface area contributed by atoms with Crippen LogP contribution in [0.4, 0.5) is 0 Å². The Bertz CT molecular complexity index is 367. The fraction of sp³-hybridized carbons (Fsp3) is 0.571. The molecule has 0 radical (unpaired) electrons. The number of benzene rings is 1. The second-order valence-electron chi connectivity index (χ2n) is 4.78. The lowest BCUT2D eigenvalue weighted by Gasteiger charge is -2.29. The van der Waals surface area contributed by atoms with Crippen molar-refractivity contribution in [3.63, 3.8) is 0 Å². The zero-order valence-corrected chi connectivity index (χ0v) is 11.1. The molecule has 4 N–H and O–H groups in total. The first-order valence-corrected chi connectivity index (χ1v) is 6.39. The van der Waals surface area contributed by atoms with E-state index in [9.17, 15) is 15.3 Å². The molecule has 0 aliphatic heterocycles. The number of aliphatic hydroxyl groups excluding tert-OH is 1. The minimum atomic E-state index is -0.0907. The summed E-state index contributed by atoms with van der Waals surface area (Å²) in [7, 11) is 0. The van der Waals surface area contributed by atoms with E-state index < -0.39 is 0 Å². The SMILES string of the molecule is CCC(CC)(CO)CNCc1ccc(O)cc1O. The smallest absolute Gasteiger partial charge is 0.123 e. The monoisotopic (exact) mass is 253 g/mol. The van der Waals surface area contributed by atoms with Gasteiger partial charge in [-0.1, -0.05) is 19.9 Å². The second-order valence-corrected chi connectivity index (χ2v) is 4.78. The summed E-state index contributed by atoms with van der Waals surface area (Å²) >= 11 is 0. The molecule has 0 heterocycles. The van der Waals surface area contributed by atoms with E-state index >= 15 is 0 Å². The Labute approximate surface area is 108 Å². The maximum absolute atomic E-state index is 9.64. The maximum Gasteiger partial charge on any atom is 0.123 e. The summed E-state index contributed by atoms with van der Waals surface area (Å²) in [5, 5.41) is 31.5. The van der Waals surface area contributed by atoms with Gasteiger partial charge in [0.1, 0.15) is 11.5 Å². The molecule has 1 aromatic rings. The van der Waals surface area contributed by atoms with Gasteiger partial charge in [-0.15, -0.1) is 0 Å². The Morgan fingerprint density at radius 3 is 2.33 bits per heavy atom. The van der Waals surface area contributed by atoms with Gasteiger partial charge in [-0.3, -0.25) is 0 Å². The van der Waals surface area contributed by atoms with E-state index in [2.05, 4.69) is 19.2 Å². The fourth-order valence-corrected chi connectivity index (χ4v) is 1.94. The standard InChI is InChI=1S/C14H23NO3/c1-3-14(4-2,10-16)9-15-8-11-5-6-12(17)7-13(11)18/h5-7,15-18H,3-4,8-10H2,1-2H3. The lowest BCUT2D eigenvalue weighted by molar-refractivity contribution is 0.113. The molecule has 4 nitrogen and oxygen atoms in total. The molecule has 0 bridgehead atoms. The van der Waals surface area contributed by atoms with Gasteiger partial charge >= 0.3 is 0 Å². The van der Waals surface area contributed by atoms with Crippen LogP contribution in [0.3, 0.4) is 0 Å². The van der Waals surface area contributed by atoms with Crippen molar-refractivity contribution in [1.82, 2.24) is 5.32 Å². The summed E-state index contributed by atoms with van der Waals surface area (Å²) in [4.78, 5) is 0. The van der Waals surface area contributed by atoms with Gasteiger partial charge in [-0.2, -0.15) is 0 Å². The molecule has 0 atom stereocenters. The van der Waals surface area contributed by atoms with Crippen molar-refractivity contribution in [1.29, 1.82) is 0 Å². The molecule has 0 saturated heterocycles. The summed E-state index contributed by atoms with van der Waals surface area (Å²) in [5.41, 5.74) is 0.652. The molecule has 4 heteroatoms. The highest BCUT2D eigenvalue weighted by Gasteiger charge is 2.24. The van der Waals surface area contributed by atoms with Crippen LogP contribution >= 0.6 is 0 Å².